The first kappa shape index (κ1) is 19.7. The van der Waals surface area contributed by atoms with Crippen LogP contribution in [0.4, 0.5) is 0 Å². The second-order valence-electron chi connectivity index (χ2n) is 8.19. The van der Waals surface area contributed by atoms with Crippen LogP contribution in [-0.2, 0) is 19.9 Å². The smallest absolute Gasteiger partial charge is 0.330 e. The van der Waals surface area contributed by atoms with Gasteiger partial charge in [0.05, 0.1) is 19.3 Å². The van der Waals surface area contributed by atoms with Gasteiger partial charge in [-0.3, -0.25) is 0 Å². The Hall–Kier alpha value is -2.59. The average Bonchev–Trinajstić information content (AvgIpc) is 2.79. The predicted octanol–water partition coefficient (Wildman–Crippen LogP) is 5.77. The Balaban J connectivity index is 1.40. The molecule has 0 N–H and O–H groups in total. The number of hydrogen-bond acceptors (Lipinski definition) is 4. The fourth-order valence-corrected chi connectivity index (χ4v) is 4.56. The molecule has 0 amide bonds. The number of allylic oxidation sites excluding steroid dienone is 1. The number of para-hydroxylation sites is 1. The summed E-state index contributed by atoms with van der Waals surface area (Å²) in [4.78, 5) is 11.2. The van der Waals surface area contributed by atoms with Gasteiger partial charge in [0.2, 0.25) is 0 Å². The van der Waals surface area contributed by atoms with Crippen molar-refractivity contribution in [2.45, 2.75) is 44.1 Å². The number of methoxy groups -OCH3 is 1. The molecule has 4 heteroatoms. The van der Waals surface area contributed by atoms with Gasteiger partial charge in [-0.2, -0.15) is 0 Å². The fraction of sp³-hybridized carbons (Fsp3) is 0.400. The van der Waals surface area contributed by atoms with E-state index in [4.69, 9.17) is 9.47 Å². The molecule has 0 unspecified atom stereocenters. The lowest BCUT2D eigenvalue weighted by molar-refractivity contribution is -0.191. The predicted molar refractivity (Wildman–Crippen MR) is 112 cm³/mol. The molecule has 0 atom stereocenters. The van der Waals surface area contributed by atoms with Crippen molar-refractivity contribution < 1.29 is 19.0 Å². The molecule has 1 saturated carbocycles. The normalized spacial score (nSPS) is 25.8. The second-order valence-corrected chi connectivity index (χ2v) is 8.19. The zero-order chi connectivity index (χ0) is 20.2. The summed E-state index contributed by atoms with van der Waals surface area (Å²) in [5.74, 6) is 1.40. The number of carbonyl (C=O) groups excluding carboxylic acids is 1. The van der Waals surface area contributed by atoms with E-state index in [1.807, 2.05) is 42.5 Å². The molecule has 2 saturated heterocycles. The zero-order valence-corrected chi connectivity index (χ0v) is 16.9. The molecule has 1 aliphatic carbocycles. The van der Waals surface area contributed by atoms with Crippen LogP contribution in [0, 0.1) is 5.41 Å². The highest BCUT2D eigenvalue weighted by molar-refractivity contribution is 5.81. The fourth-order valence-electron chi connectivity index (χ4n) is 4.56. The van der Waals surface area contributed by atoms with Crippen molar-refractivity contribution in [2.24, 2.45) is 5.41 Å². The van der Waals surface area contributed by atoms with Gasteiger partial charge < -0.3 is 14.2 Å². The van der Waals surface area contributed by atoms with Crippen LogP contribution in [0.1, 0.15) is 44.1 Å². The van der Waals surface area contributed by atoms with E-state index in [1.165, 1.54) is 18.7 Å². The number of rotatable bonds is 7. The van der Waals surface area contributed by atoms with Crippen molar-refractivity contribution in [1.29, 1.82) is 0 Å². The van der Waals surface area contributed by atoms with Gasteiger partial charge in [-0.1, -0.05) is 36.4 Å². The van der Waals surface area contributed by atoms with Crippen LogP contribution in [0.5, 0.6) is 11.5 Å². The molecular weight excluding hydrogens is 364 g/mol. The molecule has 2 aliphatic heterocycles. The van der Waals surface area contributed by atoms with Gasteiger partial charge in [0.15, 0.2) is 0 Å². The molecule has 4 nitrogen and oxygen atoms in total. The third-order valence-corrected chi connectivity index (χ3v) is 6.41. The molecular formula is C25H28O4. The summed E-state index contributed by atoms with van der Waals surface area (Å²) in [6.45, 7) is 0.781. The van der Waals surface area contributed by atoms with E-state index in [9.17, 15) is 4.79 Å². The minimum atomic E-state index is -0.289. The van der Waals surface area contributed by atoms with Gasteiger partial charge in [0.1, 0.15) is 11.5 Å². The van der Waals surface area contributed by atoms with Crippen molar-refractivity contribution in [3.8, 4) is 11.5 Å². The average molecular weight is 392 g/mol. The monoisotopic (exact) mass is 392 g/mol. The SMILES string of the molecule is COC(=O)C=CCCC12CCC(c3cccc(Oc4ccccc4)c3)(CC1)OC2. The summed E-state index contributed by atoms with van der Waals surface area (Å²) in [5.41, 5.74) is 1.25. The molecule has 0 radical (unpaired) electrons. The Morgan fingerprint density at radius 3 is 2.48 bits per heavy atom. The third kappa shape index (κ3) is 4.38. The maximum absolute atomic E-state index is 11.2. The van der Waals surface area contributed by atoms with Crippen molar-refractivity contribution in [3.05, 3.63) is 72.3 Å². The first-order valence-corrected chi connectivity index (χ1v) is 10.4. The van der Waals surface area contributed by atoms with Crippen LogP contribution >= 0.6 is 0 Å². The highest BCUT2D eigenvalue weighted by Crippen LogP contribution is 2.55. The summed E-state index contributed by atoms with van der Waals surface area (Å²) in [5, 5.41) is 0. The summed E-state index contributed by atoms with van der Waals surface area (Å²) in [6.07, 6.45) is 9.74. The largest absolute Gasteiger partial charge is 0.466 e. The van der Waals surface area contributed by atoms with E-state index in [2.05, 4.69) is 22.9 Å². The van der Waals surface area contributed by atoms with E-state index in [-0.39, 0.29) is 17.0 Å². The van der Waals surface area contributed by atoms with Crippen molar-refractivity contribution in [2.75, 3.05) is 13.7 Å². The van der Waals surface area contributed by atoms with Crippen LogP contribution in [-0.4, -0.2) is 19.7 Å². The minimum Gasteiger partial charge on any atom is -0.466 e. The molecule has 3 fully saturated rings. The van der Waals surface area contributed by atoms with Gasteiger partial charge in [-0.15, -0.1) is 0 Å². The Morgan fingerprint density at radius 2 is 1.79 bits per heavy atom. The third-order valence-electron chi connectivity index (χ3n) is 6.41. The standard InChI is InChI=1S/C25H28O4/c1-27-23(26)12-5-6-13-24-14-16-25(17-15-24,28-19-24)20-8-7-11-22(18-20)29-21-9-3-2-4-10-21/h2-5,7-12,18H,6,13-17,19H2,1H3. The van der Waals surface area contributed by atoms with Crippen LogP contribution in [0.2, 0.25) is 0 Å². The minimum absolute atomic E-state index is 0.195. The topological polar surface area (TPSA) is 44.8 Å². The molecule has 0 aromatic heterocycles. The van der Waals surface area contributed by atoms with Crippen molar-refractivity contribution >= 4 is 5.97 Å². The summed E-state index contributed by atoms with van der Waals surface area (Å²) in [7, 11) is 1.40. The van der Waals surface area contributed by atoms with Gasteiger partial charge in [-0.05, 0) is 73.8 Å². The van der Waals surface area contributed by atoms with Crippen molar-refractivity contribution in [1.82, 2.24) is 0 Å². The van der Waals surface area contributed by atoms with E-state index in [0.29, 0.717) is 0 Å². The molecule has 2 heterocycles. The highest BCUT2D eigenvalue weighted by Gasteiger charge is 2.50. The Labute approximate surface area is 172 Å². The molecule has 2 bridgehead atoms. The number of esters is 1. The quantitative estimate of drug-likeness (QED) is 0.443. The van der Waals surface area contributed by atoms with E-state index in [1.54, 1.807) is 0 Å². The molecule has 152 valence electrons. The first-order chi connectivity index (χ1) is 14.1. The lowest BCUT2D eigenvalue weighted by Crippen LogP contribution is -2.49. The number of fused-ring (bicyclic) bond motifs is 3. The molecule has 29 heavy (non-hydrogen) atoms. The summed E-state index contributed by atoms with van der Waals surface area (Å²) in [6, 6.07) is 18.2. The van der Waals surface area contributed by atoms with Gasteiger partial charge >= 0.3 is 5.97 Å². The van der Waals surface area contributed by atoms with Crippen molar-refractivity contribution in [3.63, 3.8) is 0 Å². The zero-order valence-electron chi connectivity index (χ0n) is 16.9. The maximum atomic E-state index is 11.2. The molecule has 2 aromatic rings. The number of carbonyl (C=O) groups is 1. The molecule has 5 rings (SSSR count). The second kappa shape index (κ2) is 8.42. The molecule has 0 spiro atoms. The molecule has 3 aliphatic rings. The lowest BCUT2D eigenvalue weighted by Gasteiger charge is -2.53. The Morgan fingerprint density at radius 1 is 1.03 bits per heavy atom. The van der Waals surface area contributed by atoms with E-state index >= 15 is 0 Å². The lowest BCUT2D eigenvalue weighted by atomic mass is 9.62. The van der Waals surface area contributed by atoms with Crippen LogP contribution in [0.15, 0.2) is 66.7 Å². The summed E-state index contributed by atoms with van der Waals surface area (Å²) < 4.78 is 17.2. The Bertz CT molecular complexity index is 847. The van der Waals surface area contributed by atoms with Crippen LogP contribution in [0.25, 0.3) is 0 Å². The number of benzene rings is 2. The van der Waals surface area contributed by atoms with Gasteiger partial charge in [-0.25, -0.2) is 4.79 Å². The van der Waals surface area contributed by atoms with Crippen LogP contribution < -0.4 is 4.74 Å². The Kier molecular flexibility index (Phi) is 5.72. The molecule has 2 aromatic carbocycles. The van der Waals surface area contributed by atoms with Gasteiger partial charge in [0, 0.05) is 6.08 Å². The van der Waals surface area contributed by atoms with Crippen LogP contribution in [0.3, 0.4) is 0 Å². The maximum Gasteiger partial charge on any atom is 0.330 e. The van der Waals surface area contributed by atoms with E-state index < -0.39 is 0 Å². The highest BCUT2D eigenvalue weighted by atomic mass is 16.5. The van der Waals surface area contributed by atoms with E-state index in [0.717, 1.165) is 56.6 Å². The summed E-state index contributed by atoms with van der Waals surface area (Å²) >= 11 is 0. The number of hydrogen-bond donors (Lipinski definition) is 0. The first-order valence-electron chi connectivity index (χ1n) is 10.4. The van der Waals surface area contributed by atoms with Gasteiger partial charge in [0.25, 0.3) is 0 Å². The number of ether oxygens (including phenoxy) is 3.